The minimum atomic E-state index is -3.83. The molecule has 0 heterocycles. The van der Waals surface area contributed by atoms with Crippen molar-refractivity contribution in [2.75, 3.05) is 18.0 Å². The van der Waals surface area contributed by atoms with Crippen molar-refractivity contribution >= 4 is 33.0 Å². The molecule has 1 aromatic carbocycles. The van der Waals surface area contributed by atoms with Crippen molar-refractivity contribution in [1.82, 2.24) is 5.32 Å². The summed E-state index contributed by atoms with van der Waals surface area (Å²) in [5.41, 5.74) is 5.80. The first-order valence-electron chi connectivity index (χ1n) is 5.28. The summed E-state index contributed by atoms with van der Waals surface area (Å²) >= 11 is 5.79. The molecule has 0 aliphatic heterocycles. The van der Waals surface area contributed by atoms with Gasteiger partial charge in [-0.2, -0.15) is 5.26 Å². The number of amides is 1. The fraction of sp³-hybridized carbons (Fsp3) is 0.273. The van der Waals surface area contributed by atoms with E-state index in [0.717, 1.165) is 0 Å². The molecular weight excluding hydrogens is 290 g/mol. The number of sulfone groups is 1. The molecule has 0 saturated carbocycles. The zero-order valence-electron chi connectivity index (χ0n) is 9.89. The van der Waals surface area contributed by atoms with Crippen LogP contribution in [0.25, 0.3) is 0 Å². The summed E-state index contributed by atoms with van der Waals surface area (Å²) in [5.74, 6) is -1.40. The number of nitrogens with two attached hydrogens (primary N) is 1. The molecule has 19 heavy (non-hydrogen) atoms. The number of nitrogen functional groups attached to an aromatic ring is 1. The van der Waals surface area contributed by atoms with Gasteiger partial charge in [-0.15, -0.1) is 0 Å². The van der Waals surface area contributed by atoms with Crippen LogP contribution in [-0.2, 0) is 14.6 Å². The molecule has 1 amide bonds. The third-order valence-electron chi connectivity index (χ3n) is 2.17. The van der Waals surface area contributed by atoms with E-state index < -0.39 is 21.5 Å². The average molecular weight is 302 g/mol. The van der Waals surface area contributed by atoms with Crippen molar-refractivity contribution in [2.24, 2.45) is 0 Å². The number of hydrogen-bond donors (Lipinski definition) is 2. The number of hydrogen-bond acceptors (Lipinski definition) is 5. The van der Waals surface area contributed by atoms with Crippen molar-refractivity contribution in [1.29, 1.82) is 5.26 Å². The van der Waals surface area contributed by atoms with E-state index in [9.17, 15) is 13.2 Å². The summed E-state index contributed by atoms with van der Waals surface area (Å²) in [5, 5.41) is 10.6. The van der Waals surface area contributed by atoms with Gasteiger partial charge in [0.15, 0.2) is 9.84 Å². The topological polar surface area (TPSA) is 113 Å². The number of carbonyl (C=O) groups excluding carboxylic acids is 1. The quantitative estimate of drug-likeness (QED) is 0.614. The van der Waals surface area contributed by atoms with Crippen LogP contribution < -0.4 is 11.1 Å². The van der Waals surface area contributed by atoms with Gasteiger partial charge >= 0.3 is 0 Å². The van der Waals surface area contributed by atoms with Crippen molar-refractivity contribution in [3.8, 4) is 6.07 Å². The van der Waals surface area contributed by atoms with Gasteiger partial charge in [-0.25, -0.2) is 8.42 Å². The lowest BCUT2D eigenvalue weighted by molar-refractivity contribution is -0.118. The first-order chi connectivity index (χ1) is 8.86. The third-order valence-corrected chi connectivity index (χ3v) is 4.26. The smallest absolute Gasteiger partial charge is 0.235 e. The molecule has 0 fully saturated rings. The molecule has 0 aromatic heterocycles. The normalized spacial score (nSPS) is 10.7. The lowest BCUT2D eigenvalue weighted by Gasteiger charge is -2.07. The fourth-order valence-corrected chi connectivity index (χ4v) is 3.10. The molecule has 0 saturated heterocycles. The van der Waals surface area contributed by atoms with E-state index in [4.69, 9.17) is 22.6 Å². The Morgan fingerprint density at radius 3 is 2.74 bits per heavy atom. The molecule has 0 radical (unpaired) electrons. The van der Waals surface area contributed by atoms with Crippen molar-refractivity contribution in [3.05, 3.63) is 23.2 Å². The first-order valence-corrected chi connectivity index (χ1v) is 7.31. The van der Waals surface area contributed by atoms with E-state index in [1.54, 1.807) is 0 Å². The van der Waals surface area contributed by atoms with Crippen LogP contribution in [0.3, 0.4) is 0 Å². The molecule has 0 aliphatic carbocycles. The van der Waals surface area contributed by atoms with Gasteiger partial charge in [0, 0.05) is 12.2 Å². The Morgan fingerprint density at radius 1 is 1.47 bits per heavy atom. The minimum absolute atomic E-state index is 0.0233. The van der Waals surface area contributed by atoms with E-state index >= 15 is 0 Å². The molecule has 1 aromatic rings. The Balaban J connectivity index is 2.81. The highest BCUT2D eigenvalue weighted by Crippen LogP contribution is 2.24. The summed E-state index contributed by atoms with van der Waals surface area (Å²) in [6, 6.07) is 5.80. The molecule has 102 valence electrons. The average Bonchev–Trinajstić information content (AvgIpc) is 2.27. The van der Waals surface area contributed by atoms with Crippen LogP contribution in [0.4, 0.5) is 5.69 Å². The molecule has 8 heteroatoms. The predicted molar refractivity (Wildman–Crippen MR) is 71.2 cm³/mol. The Bertz CT molecular complexity index is 623. The number of anilines is 1. The van der Waals surface area contributed by atoms with Gasteiger partial charge in [0.2, 0.25) is 5.91 Å². The standard InChI is InChI=1S/C11H12ClN3O3S/c12-9-6-8(14)2-3-10(9)19(17,18)7-11(16)15-5-1-4-13/h2-3,6H,1,5,7,14H2,(H,15,16). The third kappa shape index (κ3) is 4.43. The molecule has 1 rings (SSSR count). The second-order valence-electron chi connectivity index (χ2n) is 3.71. The van der Waals surface area contributed by atoms with Gasteiger partial charge < -0.3 is 11.1 Å². The molecule has 0 aliphatic rings. The fourth-order valence-electron chi connectivity index (χ4n) is 1.33. The molecule has 6 nitrogen and oxygen atoms in total. The number of nitrogens with zero attached hydrogens (tertiary/aromatic N) is 1. The lowest BCUT2D eigenvalue weighted by atomic mass is 10.3. The second kappa shape index (κ2) is 6.41. The maximum atomic E-state index is 12.0. The van der Waals surface area contributed by atoms with Crippen LogP contribution in [0, 0.1) is 11.3 Å². The van der Waals surface area contributed by atoms with Crippen LogP contribution in [0.1, 0.15) is 6.42 Å². The Morgan fingerprint density at radius 2 is 2.16 bits per heavy atom. The van der Waals surface area contributed by atoms with Crippen LogP contribution in [-0.4, -0.2) is 26.6 Å². The minimum Gasteiger partial charge on any atom is -0.399 e. The second-order valence-corrected chi connectivity index (χ2v) is 6.07. The van der Waals surface area contributed by atoms with Gasteiger partial charge in [-0.1, -0.05) is 11.6 Å². The predicted octanol–water partition coefficient (Wildman–Crippen LogP) is 0.726. The number of rotatable bonds is 5. The summed E-state index contributed by atoms with van der Waals surface area (Å²) in [7, 11) is -3.83. The van der Waals surface area contributed by atoms with E-state index in [-0.39, 0.29) is 22.9 Å². The molecule has 0 bridgehead atoms. The number of nitrogens with one attached hydrogen (secondary N) is 1. The Hall–Kier alpha value is -1.78. The SMILES string of the molecule is N#CCCNC(=O)CS(=O)(=O)c1ccc(N)cc1Cl. The van der Waals surface area contributed by atoms with Crippen molar-refractivity contribution in [3.63, 3.8) is 0 Å². The van der Waals surface area contributed by atoms with Gasteiger partial charge in [0.1, 0.15) is 5.75 Å². The van der Waals surface area contributed by atoms with Gasteiger partial charge in [0.05, 0.1) is 22.4 Å². The van der Waals surface area contributed by atoms with Crippen molar-refractivity contribution in [2.45, 2.75) is 11.3 Å². The maximum Gasteiger partial charge on any atom is 0.235 e. The van der Waals surface area contributed by atoms with Gasteiger partial charge in [-0.05, 0) is 18.2 Å². The molecular formula is C11H12ClN3O3S. The highest BCUT2D eigenvalue weighted by molar-refractivity contribution is 7.92. The lowest BCUT2D eigenvalue weighted by Crippen LogP contribution is -2.31. The summed E-state index contributed by atoms with van der Waals surface area (Å²) in [6.45, 7) is 0.111. The van der Waals surface area contributed by atoms with Crippen LogP contribution in [0.2, 0.25) is 5.02 Å². The van der Waals surface area contributed by atoms with Crippen LogP contribution >= 0.6 is 11.6 Å². The number of carbonyl (C=O) groups is 1. The van der Waals surface area contributed by atoms with E-state index in [2.05, 4.69) is 5.32 Å². The zero-order valence-corrected chi connectivity index (χ0v) is 11.5. The number of benzene rings is 1. The van der Waals surface area contributed by atoms with E-state index in [1.807, 2.05) is 6.07 Å². The summed E-state index contributed by atoms with van der Waals surface area (Å²) < 4.78 is 23.9. The zero-order chi connectivity index (χ0) is 14.5. The highest BCUT2D eigenvalue weighted by atomic mass is 35.5. The summed E-state index contributed by atoms with van der Waals surface area (Å²) in [4.78, 5) is 11.3. The number of halogens is 1. The molecule has 0 spiro atoms. The molecule has 0 atom stereocenters. The monoisotopic (exact) mass is 301 g/mol. The highest BCUT2D eigenvalue weighted by Gasteiger charge is 2.21. The molecule has 0 unspecified atom stereocenters. The van der Waals surface area contributed by atoms with Gasteiger partial charge in [0.25, 0.3) is 0 Å². The Labute approximate surface area is 116 Å². The first kappa shape index (κ1) is 15.3. The maximum absolute atomic E-state index is 12.0. The Kier molecular flexibility index (Phi) is 5.15. The van der Waals surface area contributed by atoms with Crippen molar-refractivity contribution < 1.29 is 13.2 Å². The summed E-state index contributed by atoms with van der Waals surface area (Å²) in [6.07, 6.45) is 0.119. The van der Waals surface area contributed by atoms with Crippen LogP contribution in [0.5, 0.6) is 0 Å². The largest absolute Gasteiger partial charge is 0.399 e. The van der Waals surface area contributed by atoms with Crippen LogP contribution in [0.15, 0.2) is 23.1 Å². The van der Waals surface area contributed by atoms with E-state index in [0.29, 0.717) is 5.69 Å². The molecule has 3 N–H and O–H groups in total. The van der Waals surface area contributed by atoms with Gasteiger partial charge in [-0.3, -0.25) is 4.79 Å². The van der Waals surface area contributed by atoms with E-state index in [1.165, 1.54) is 18.2 Å². The number of nitriles is 1.